The summed E-state index contributed by atoms with van der Waals surface area (Å²) in [6.45, 7) is 3.00. The summed E-state index contributed by atoms with van der Waals surface area (Å²) in [6.07, 6.45) is 8.47. The normalized spacial score (nSPS) is 22.6. The van der Waals surface area contributed by atoms with E-state index in [1.54, 1.807) is 12.3 Å². The fourth-order valence-electron chi connectivity index (χ4n) is 2.80. The van der Waals surface area contributed by atoms with E-state index in [1.165, 1.54) is 19.3 Å². The quantitative estimate of drug-likeness (QED) is 0.916. The number of hydrogen-bond acceptors (Lipinski definition) is 4. The predicted octanol–water partition coefficient (Wildman–Crippen LogP) is 2.46. The first-order valence-corrected chi connectivity index (χ1v) is 7.68. The molecule has 1 atom stereocenters. The number of hydrogen-bond donors (Lipinski definition) is 1. The van der Waals surface area contributed by atoms with E-state index in [9.17, 15) is 4.79 Å². The fourth-order valence-corrected chi connectivity index (χ4v) is 2.80. The molecular formula is C15H22N4O. The van der Waals surface area contributed by atoms with Crippen LogP contribution in [0.1, 0.15) is 55.9 Å². The van der Waals surface area contributed by atoms with Gasteiger partial charge in [0, 0.05) is 24.8 Å². The van der Waals surface area contributed by atoms with Gasteiger partial charge in [0.1, 0.15) is 5.69 Å². The van der Waals surface area contributed by atoms with Crippen LogP contribution in [-0.2, 0) is 0 Å². The van der Waals surface area contributed by atoms with Crippen molar-refractivity contribution in [2.75, 3.05) is 11.9 Å². The number of carbonyl (C=O) groups excluding carboxylic acids is 1. The van der Waals surface area contributed by atoms with Gasteiger partial charge in [-0.05, 0) is 44.6 Å². The van der Waals surface area contributed by atoms with Gasteiger partial charge in [0.25, 0.3) is 5.91 Å². The van der Waals surface area contributed by atoms with Crippen molar-refractivity contribution in [2.45, 2.75) is 57.5 Å². The fraction of sp³-hybridized carbons (Fsp3) is 0.667. The molecule has 0 aromatic carbocycles. The molecule has 108 valence electrons. The first-order valence-electron chi connectivity index (χ1n) is 7.68. The van der Waals surface area contributed by atoms with Gasteiger partial charge >= 0.3 is 0 Å². The molecule has 5 heteroatoms. The third kappa shape index (κ3) is 2.92. The van der Waals surface area contributed by atoms with E-state index in [0.717, 1.165) is 25.8 Å². The Morgan fingerprint density at radius 2 is 2.25 bits per heavy atom. The van der Waals surface area contributed by atoms with Crippen LogP contribution in [0.4, 0.5) is 5.95 Å². The smallest absolute Gasteiger partial charge is 0.272 e. The largest absolute Gasteiger partial charge is 0.351 e. The molecule has 0 bridgehead atoms. The Balaban J connectivity index is 1.74. The van der Waals surface area contributed by atoms with E-state index < -0.39 is 0 Å². The monoisotopic (exact) mass is 274 g/mol. The van der Waals surface area contributed by atoms with Crippen molar-refractivity contribution in [3.05, 3.63) is 18.0 Å². The summed E-state index contributed by atoms with van der Waals surface area (Å²) < 4.78 is 0. The average molecular weight is 274 g/mol. The number of likely N-dealkylation sites (tertiary alicyclic amines) is 1. The van der Waals surface area contributed by atoms with Gasteiger partial charge in [-0.25, -0.2) is 9.97 Å². The van der Waals surface area contributed by atoms with E-state index in [1.807, 2.05) is 4.90 Å². The molecule has 1 unspecified atom stereocenters. The molecule has 1 amide bonds. The molecule has 1 saturated carbocycles. The molecule has 2 heterocycles. The third-order valence-electron chi connectivity index (χ3n) is 4.14. The van der Waals surface area contributed by atoms with Crippen LogP contribution >= 0.6 is 0 Å². The molecule has 3 rings (SSSR count). The van der Waals surface area contributed by atoms with Crippen LogP contribution in [0.2, 0.25) is 0 Å². The zero-order valence-electron chi connectivity index (χ0n) is 12.0. The number of carbonyl (C=O) groups is 1. The first kappa shape index (κ1) is 13.3. The molecule has 1 aliphatic heterocycles. The van der Waals surface area contributed by atoms with Crippen molar-refractivity contribution in [3.63, 3.8) is 0 Å². The van der Waals surface area contributed by atoms with Crippen molar-refractivity contribution in [1.82, 2.24) is 14.9 Å². The Labute approximate surface area is 119 Å². The van der Waals surface area contributed by atoms with Gasteiger partial charge in [0.05, 0.1) is 0 Å². The summed E-state index contributed by atoms with van der Waals surface area (Å²) >= 11 is 0. The minimum absolute atomic E-state index is 0.0535. The molecule has 2 aliphatic rings. The number of nitrogens with zero attached hydrogens (tertiary/aromatic N) is 3. The molecule has 0 radical (unpaired) electrons. The van der Waals surface area contributed by atoms with E-state index in [2.05, 4.69) is 22.2 Å². The van der Waals surface area contributed by atoms with E-state index in [0.29, 0.717) is 23.7 Å². The molecule has 1 aromatic rings. The highest BCUT2D eigenvalue weighted by Crippen LogP contribution is 2.24. The van der Waals surface area contributed by atoms with Crippen LogP contribution in [-0.4, -0.2) is 39.4 Å². The molecule has 1 saturated heterocycles. The van der Waals surface area contributed by atoms with Crippen molar-refractivity contribution in [3.8, 4) is 0 Å². The van der Waals surface area contributed by atoms with Crippen LogP contribution in [0, 0.1) is 0 Å². The molecule has 5 nitrogen and oxygen atoms in total. The van der Waals surface area contributed by atoms with Gasteiger partial charge < -0.3 is 10.2 Å². The maximum atomic E-state index is 12.6. The molecule has 2 fully saturated rings. The summed E-state index contributed by atoms with van der Waals surface area (Å²) in [7, 11) is 0. The topological polar surface area (TPSA) is 58.1 Å². The van der Waals surface area contributed by atoms with Gasteiger partial charge in [-0.1, -0.05) is 6.92 Å². The van der Waals surface area contributed by atoms with Gasteiger partial charge in [0.2, 0.25) is 5.95 Å². The summed E-state index contributed by atoms with van der Waals surface area (Å²) in [5.74, 6) is 0.640. The van der Waals surface area contributed by atoms with Crippen molar-refractivity contribution < 1.29 is 4.79 Å². The van der Waals surface area contributed by atoms with E-state index in [4.69, 9.17) is 0 Å². The standard InChI is InChI=1S/C15H22N4O/c1-2-12-5-3-4-10-19(12)14(20)13-8-9-16-15(18-13)17-11-6-7-11/h8-9,11-12H,2-7,10H2,1H3,(H,16,17,18). The lowest BCUT2D eigenvalue weighted by atomic mass is 9.99. The number of aromatic nitrogens is 2. The number of piperidine rings is 1. The van der Waals surface area contributed by atoms with Gasteiger partial charge in [-0.3, -0.25) is 4.79 Å². The van der Waals surface area contributed by atoms with Gasteiger partial charge in [0.15, 0.2) is 0 Å². The number of nitrogens with one attached hydrogen (secondary N) is 1. The van der Waals surface area contributed by atoms with Gasteiger partial charge in [-0.2, -0.15) is 0 Å². The van der Waals surface area contributed by atoms with Crippen LogP contribution in [0.25, 0.3) is 0 Å². The van der Waals surface area contributed by atoms with Crippen molar-refractivity contribution >= 4 is 11.9 Å². The second kappa shape index (κ2) is 5.77. The zero-order valence-corrected chi connectivity index (χ0v) is 12.0. The van der Waals surface area contributed by atoms with E-state index in [-0.39, 0.29) is 5.91 Å². The summed E-state index contributed by atoms with van der Waals surface area (Å²) in [5.41, 5.74) is 0.517. The highest BCUT2D eigenvalue weighted by molar-refractivity contribution is 5.92. The maximum absolute atomic E-state index is 12.6. The summed E-state index contributed by atoms with van der Waals surface area (Å²) in [5, 5.41) is 3.25. The van der Waals surface area contributed by atoms with E-state index >= 15 is 0 Å². The molecule has 1 aromatic heterocycles. The second-order valence-electron chi connectivity index (χ2n) is 5.74. The van der Waals surface area contributed by atoms with Crippen LogP contribution in [0.5, 0.6) is 0 Å². The van der Waals surface area contributed by atoms with Gasteiger partial charge in [-0.15, -0.1) is 0 Å². The molecule has 0 spiro atoms. The number of anilines is 1. The zero-order chi connectivity index (χ0) is 13.9. The summed E-state index contributed by atoms with van der Waals surface area (Å²) in [4.78, 5) is 23.2. The highest BCUT2D eigenvalue weighted by Gasteiger charge is 2.27. The highest BCUT2D eigenvalue weighted by atomic mass is 16.2. The van der Waals surface area contributed by atoms with Crippen LogP contribution < -0.4 is 5.32 Å². The van der Waals surface area contributed by atoms with Crippen LogP contribution in [0.15, 0.2) is 12.3 Å². The Morgan fingerprint density at radius 1 is 1.40 bits per heavy atom. The van der Waals surface area contributed by atoms with Crippen LogP contribution in [0.3, 0.4) is 0 Å². The lowest BCUT2D eigenvalue weighted by molar-refractivity contribution is 0.0602. The SMILES string of the molecule is CCC1CCCCN1C(=O)c1ccnc(NC2CC2)n1. The first-order chi connectivity index (χ1) is 9.78. The predicted molar refractivity (Wildman–Crippen MR) is 77.6 cm³/mol. The molecule has 1 aliphatic carbocycles. The summed E-state index contributed by atoms with van der Waals surface area (Å²) in [6, 6.07) is 2.59. The maximum Gasteiger partial charge on any atom is 0.272 e. The second-order valence-corrected chi connectivity index (χ2v) is 5.74. The minimum atomic E-state index is 0.0535. The Morgan fingerprint density at radius 3 is 3.00 bits per heavy atom. The Bertz CT molecular complexity index is 487. The van der Waals surface area contributed by atoms with Crippen molar-refractivity contribution in [1.29, 1.82) is 0 Å². The lowest BCUT2D eigenvalue weighted by Crippen LogP contribution is -2.43. The Kier molecular flexibility index (Phi) is 3.85. The minimum Gasteiger partial charge on any atom is -0.351 e. The Hall–Kier alpha value is -1.65. The molecule has 1 N–H and O–H groups in total. The molecular weight excluding hydrogens is 252 g/mol. The van der Waals surface area contributed by atoms with Crippen molar-refractivity contribution in [2.24, 2.45) is 0 Å². The lowest BCUT2D eigenvalue weighted by Gasteiger charge is -2.35. The number of rotatable bonds is 4. The molecule has 20 heavy (non-hydrogen) atoms. The average Bonchev–Trinajstić information content (AvgIpc) is 3.30. The number of amides is 1. The third-order valence-corrected chi connectivity index (χ3v) is 4.14.